The van der Waals surface area contributed by atoms with Gasteiger partial charge in [-0.1, -0.05) is 12.1 Å². The molecule has 1 aromatic rings. The Bertz CT molecular complexity index is 548. The minimum Gasteiger partial charge on any atom is -0.494 e. The molecule has 1 aliphatic rings. The van der Waals surface area contributed by atoms with Crippen LogP contribution in [0.1, 0.15) is 43.7 Å². The Balaban J connectivity index is 1.61. The zero-order chi connectivity index (χ0) is 18.1. The number of ether oxygens (including phenoxy) is 1. The van der Waals surface area contributed by atoms with Crippen molar-refractivity contribution in [2.45, 2.75) is 52.1 Å². The molecule has 0 aliphatic carbocycles. The molecule has 0 aromatic heterocycles. The number of carbonyl (C=O) groups is 1. The van der Waals surface area contributed by atoms with Crippen molar-refractivity contribution in [2.24, 2.45) is 0 Å². The van der Waals surface area contributed by atoms with Crippen molar-refractivity contribution in [1.82, 2.24) is 10.2 Å². The fourth-order valence-electron chi connectivity index (χ4n) is 3.31. The Labute approximate surface area is 151 Å². The molecule has 2 N–H and O–H groups in total. The summed E-state index contributed by atoms with van der Waals surface area (Å²) in [4.78, 5) is 14.2. The van der Waals surface area contributed by atoms with Crippen LogP contribution >= 0.6 is 0 Å². The molecule has 140 valence electrons. The molecule has 5 nitrogen and oxygen atoms in total. The van der Waals surface area contributed by atoms with Gasteiger partial charge in [0, 0.05) is 26.1 Å². The molecule has 5 heteroatoms. The molecule has 0 unspecified atom stereocenters. The fraction of sp³-hybridized carbons (Fsp3) is 0.650. The van der Waals surface area contributed by atoms with Gasteiger partial charge in [-0.3, -0.25) is 9.69 Å². The monoisotopic (exact) mass is 348 g/mol. The summed E-state index contributed by atoms with van der Waals surface area (Å²) < 4.78 is 5.55. The third kappa shape index (κ3) is 7.04. The number of likely N-dealkylation sites (tertiary alicyclic amines) is 1. The molecular formula is C20H32N2O3. The molecular weight excluding hydrogens is 316 g/mol. The van der Waals surface area contributed by atoms with E-state index in [1.54, 1.807) is 0 Å². The number of carbonyl (C=O) groups excluding carboxylic acids is 1. The Morgan fingerprint density at radius 1 is 1.44 bits per heavy atom. The fourth-order valence-corrected chi connectivity index (χ4v) is 3.31. The summed E-state index contributed by atoms with van der Waals surface area (Å²) in [5.41, 5.74) is 2.39. The standard InChI is InChI=1S/C20H32N2O3/c1-3-25-19-10-9-17(14-16(19)2)6-4-8-20(24)21-11-13-22-12-5-7-18(23)15-22/h9-10,14,18,23H,3-8,11-13,15H2,1-2H3,(H,21,24)/t18-/m1/s1. The van der Waals surface area contributed by atoms with Crippen molar-refractivity contribution in [1.29, 1.82) is 0 Å². The van der Waals surface area contributed by atoms with Crippen LogP contribution in [0.2, 0.25) is 0 Å². The zero-order valence-corrected chi connectivity index (χ0v) is 15.6. The molecule has 2 rings (SSSR count). The predicted molar refractivity (Wildman–Crippen MR) is 100.0 cm³/mol. The number of β-amino-alcohol motifs (C(OH)–C–C–N with tert-alkyl or cyclic N) is 1. The number of aliphatic hydroxyl groups is 1. The van der Waals surface area contributed by atoms with Gasteiger partial charge in [-0.25, -0.2) is 0 Å². The lowest BCUT2D eigenvalue weighted by atomic mass is 10.0. The van der Waals surface area contributed by atoms with Gasteiger partial charge in [0.25, 0.3) is 0 Å². The van der Waals surface area contributed by atoms with Crippen molar-refractivity contribution < 1.29 is 14.6 Å². The van der Waals surface area contributed by atoms with Crippen LogP contribution in [0.5, 0.6) is 5.75 Å². The molecule has 1 heterocycles. The van der Waals surface area contributed by atoms with Gasteiger partial charge < -0.3 is 15.2 Å². The van der Waals surface area contributed by atoms with Crippen LogP contribution in [0, 0.1) is 6.92 Å². The molecule has 1 amide bonds. The van der Waals surface area contributed by atoms with Crippen molar-refractivity contribution >= 4 is 5.91 Å². The Hall–Kier alpha value is -1.59. The van der Waals surface area contributed by atoms with Gasteiger partial charge in [-0.15, -0.1) is 0 Å². The van der Waals surface area contributed by atoms with E-state index in [4.69, 9.17) is 4.74 Å². The second-order valence-electron chi connectivity index (χ2n) is 6.83. The number of aliphatic hydroxyl groups excluding tert-OH is 1. The van der Waals surface area contributed by atoms with Crippen LogP contribution in [0.25, 0.3) is 0 Å². The van der Waals surface area contributed by atoms with E-state index in [1.807, 2.05) is 13.0 Å². The molecule has 1 atom stereocenters. The molecule has 0 spiro atoms. The SMILES string of the molecule is CCOc1ccc(CCCC(=O)NCCN2CCC[C@@H](O)C2)cc1C. The van der Waals surface area contributed by atoms with Crippen molar-refractivity contribution in [3.05, 3.63) is 29.3 Å². The maximum atomic E-state index is 11.9. The summed E-state index contributed by atoms with van der Waals surface area (Å²) in [5, 5.41) is 12.6. The first-order chi connectivity index (χ1) is 12.1. The minimum absolute atomic E-state index is 0.111. The van der Waals surface area contributed by atoms with E-state index in [9.17, 15) is 9.90 Å². The van der Waals surface area contributed by atoms with Crippen LogP contribution in [0.4, 0.5) is 0 Å². The van der Waals surface area contributed by atoms with Crippen LogP contribution in [0.15, 0.2) is 18.2 Å². The van der Waals surface area contributed by atoms with E-state index in [0.717, 1.165) is 56.6 Å². The third-order valence-corrected chi connectivity index (χ3v) is 4.64. The van der Waals surface area contributed by atoms with Gasteiger partial charge in [-0.05, 0) is 63.3 Å². The highest BCUT2D eigenvalue weighted by Gasteiger charge is 2.16. The largest absolute Gasteiger partial charge is 0.494 e. The zero-order valence-electron chi connectivity index (χ0n) is 15.6. The average Bonchev–Trinajstić information content (AvgIpc) is 2.57. The predicted octanol–water partition coefficient (Wildman–Crippen LogP) is 2.29. The third-order valence-electron chi connectivity index (χ3n) is 4.64. The second-order valence-corrected chi connectivity index (χ2v) is 6.83. The normalized spacial score (nSPS) is 18.1. The number of rotatable bonds is 9. The minimum atomic E-state index is -0.206. The summed E-state index contributed by atoms with van der Waals surface area (Å²) in [6.45, 7) is 7.94. The van der Waals surface area contributed by atoms with Gasteiger partial charge >= 0.3 is 0 Å². The molecule has 0 bridgehead atoms. The first-order valence-corrected chi connectivity index (χ1v) is 9.48. The smallest absolute Gasteiger partial charge is 0.220 e. The Kier molecular flexibility index (Phi) is 8.22. The van der Waals surface area contributed by atoms with Gasteiger partial charge in [-0.2, -0.15) is 0 Å². The number of aryl methyl sites for hydroxylation is 2. The highest BCUT2D eigenvalue weighted by atomic mass is 16.5. The van der Waals surface area contributed by atoms with Gasteiger partial charge in [0.1, 0.15) is 5.75 Å². The van der Waals surface area contributed by atoms with E-state index in [1.165, 1.54) is 5.56 Å². The maximum absolute atomic E-state index is 11.9. The van der Waals surface area contributed by atoms with E-state index < -0.39 is 0 Å². The summed E-state index contributed by atoms with van der Waals surface area (Å²) in [6, 6.07) is 6.24. The van der Waals surface area contributed by atoms with Crippen LogP contribution in [0.3, 0.4) is 0 Å². The molecule has 1 aliphatic heterocycles. The molecule has 0 radical (unpaired) electrons. The molecule has 1 fully saturated rings. The number of hydrogen-bond acceptors (Lipinski definition) is 4. The number of nitrogens with zero attached hydrogens (tertiary/aromatic N) is 1. The van der Waals surface area contributed by atoms with E-state index in [2.05, 4.69) is 29.3 Å². The van der Waals surface area contributed by atoms with Gasteiger partial charge in [0.2, 0.25) is 5.91 Å². The molecule has 25 heavy (non-hydrogen) atoms. The van der Waals surface area contributed by atoms with Gasteiger partial charge in [0.05, 0.1) is 12.7 Å². The number of piperidine rings is 1. The lowest BCUT2D eigenvalue weighted by molar-refractivity contribution is -0.121. The van der Waals surface area contributed by atoms with Crippen LogP contribution in [-0.4, -0.2) is 54.8 Å². The second kappa shape index (κ2) is 10.4. The summed E-state index contributed by atoms with van der Waals surface area (Å²) in [7, 11) is 0. The summed E-state index contributed by atoms with van der Waals surface area (Å²) >= 11 is 0. The number of hydrogen-bond donors (Lipinski definition) is 2. The highest BCUT2D eigenvalue weighted by Crippen LogP contribution is 2.20. The molecule has 1 aromatic carbocycles. The van der Waals surface area contributed by atoms with Gasteiger partial charge in [0.15, 0.2) is 0 Å². The lowest BCUT2D eigenvalue weighted by Gasteiger charge is -2.29. The average molecular weight is 348 g/mol. The number of amides is 1. The highest BCUT2D eigenvalue weighted by molar-refractivity contribution is 5.75. The quantitative estimate of drug-likeness (QED) is 0.719. The summed E-state index contributed by atoms with van der Waals surface area (Å²) in [5.74, 6) is 1.05. The van der Waals surface area contributed by atoms with Crippen LogP contribution in [-0.2, 0) is 11.2 Å². The lowest BCUT2D eigenvalue weighted by Crippen LogP contribution is -2.42. The number of benzene rings is 1. The first-order valence-electron chi connectivity index (χ1n) is 9.48. The number of nitrogens with one attached hydrogen (secondary N) is 1. The first kappa shape index (κ1) is 19.7. The van der Waals surface area contributed by atoms with E-state index in [-0.39, 0.29) is 12.0 Å². The Morgan fingerprint density at radius 3 is 3.00 bits per heavy atom. The van der Waals surface area contributed by atoms with Crippen LogP contribution < -0.4 is 10.1 Å². The van der Waals surface area contributed by atoms with Crippen molar-refractivity contribution in [3.8, 4) is 5.75 Å². The van der Waals surface area contributed by atoms with E-state index >= 15 is 0 Å². The topological polar surface area (TPSA) is 61.8 Å². The molecule has 1 saturated heterocycles. The summed E-state index contributed by atoms with van der Waals surface area (Å²) in [6.07, 6.45) is 4.03. The van der Waals surface area contributed by atoms with Crippen molar-refractivity contribution in [2.75, 3.05) is 32.8 Å². The molecule has 0 saturated carbocycles. The van der Waals surface area contributed by atoms with Crippen molar-refractivity contribution in [3.63, 3.8) is 0 Å². The Morgan fingerprint density at radius 2 is 2.28 bits per heavy atom. The maximum Gasteiger partial charge on any atom is 0.220 e. The van der Waals surface area contributed by atoms with E-state index in [0.29, 0.717) is 19.6 Å².